The zero-order valence-electron chi connectivity index (χ0n) is 12.9. The van der Waals surface area contributed by atoms with Crippen LogP contribution in [-0.2, 0) is 11.3 Å². The van der Waals surface area contributed by atoms with Crippen molar-refractivity contribution in [2.24, 2.45) is 11.1 Å². The predicted molar refractivity (Wildman–Crippen MR) is 88.6 cm³/mol. The van der Waals surface area contributed by atoms with E-state index in [1.807, 2.05) is 36.4 Å². The van der Waals surface area contributed by atoms with E-state index in [2.05, 4.69) is 5.16 Å². The van der Waals surface area contributed by atoms with Gasteiger partial charge in [-0.1, -0.05) is 28.9 Å². The summed E-state index contributed by atoms with van der Waals surface area (Å²) in [4.78, 5) is 5.71. The lowest BCUT2D eigenvalue weighted by atomic mass is 9.93. The van der Waals surface area contributed by atoms with Gasteiger partial charge in [-0.3, -0.25) is 0 Å². The number of benzene rings is 2. The van der Waals surface area contributed by atoms with Crippen LogP contribution in [0.3, 0.4) is 0 Å². The number of hydrogen-bond acceptors (Lipinski definition) is 4. The highest BCUT2D eigenvalue weighted by molar-refractivity contribution is 6.30. The second-order valence-corrected chi connectivity index (χ2v) is 6.17. The largest absolute Gasteiger partial charge is 0.493 e. The number of fused-ring (bicyclic) bond motifs is 3. The van der Waals surface area contributed by atoms with Crippen molar-refractivity contribution in [3.05, 3.63) is 58.1 Å². The van der Waals surface area contributed by atoms with Crippen LogP contribution in [0, 0.1) is 5.92 Å². The van der Waals surface area contributed by atoms with Crippen molar-refractivity contribution in [3.63, 3.8) is 0 Å². The number of oxime groups is 1. The van der Waals surface area contributed by atoms with Crippen LogP contribution >= 0.6 is 11.6 Å². The quantitative estimate of drug-likeness (QED) is 0.854. The Bertz CT molecular complexity index is 786. The standard InChI is InChI=1S/C18H16ClNO3/c1-21-15-8-11-7-14-17(13(11)9-16(15)22-2)20-23-18(14)10-3-5-12(19)6-4-10/h3-6,8-9,14,18H,7H2,1-2H3. The molecule has 2 aromatic carbocycles. The molecule has 2 atom stereocenters. The Morgan fingerprint density at radius 2 is 1.78 bits per heavy atom. The second-order valence-electron chi connectivity index (χ2n) is 5.73. The molecule has 118 valence electrons. The fourth-order valence-electron chi connectivity index (χ4n) is 3.36. The summed E-state index contributed by atoms with van der Waals surface area (Å²) < 4.78 is 10.8. The van der Waals surface area contributed by atoms with E-state index in [0.717, 1.165) is 34.0 Å². The van der Waals surface area contributed by atoms with Crippen LogP contribution in [0.5, 0.6) is 11.5 Å². The molecule has 0 fully saturated rings. The van der Waals surface area contributed by atoms with Gasteiger partial charge >= 0.3 is 0 Å². The lowest BCUT2D eigenvalue weighted by Gasteiger charge is -2.15. The van der Waals surface area contributed by atoms with E-state index in [1.54, 1.807) is 14.2 Å². The normalized spacial score (nSPS) is 21.3. The van der Waals surface area contributed by atoms with Crippen molar-refractivity contribution in [2.75, 3.05) is 14.2 Å². The third kappa shape index (κ3) is 2.25. The molecule has 23 heavy (non-hydrogen) atoms. The van der Waals surface area contributed by atoms with E-state index >= 15 is 0 Å². The summed E-state index contributed by atoms with van der Waals surface area (Å²) in [5, 5.41) is 5.06. The summed E-state index contributed by atoms with van der Waals surface area (Å²) in [6.07, 6.45) is 0.800. The molecule has 1 aliphatic carbocycles. The molecule has 4 nitrogen and oxygen atoms in total. The molecular formula is C18H16ClNO3. The number of hydrogen-bond donors (Lipinski definition) is 0. The lowest BCUT2D eigenvalue weighted by Crippen LogP contribution is -2.14. The average Bonchev–Trinajstić information content (AvgIpc) is 3.13. The molecule has 2 aliphatic rings. The van der Waals surface area contributed by atoms with Gasteiger partial charge in [0.1, 0.15) is 0 Å². The van der Waals surface area contributed by atoms with Gasteiger partial charge in [0.15, 0.2) is 17.6 Å². The molecule has 4 rings (SSSR count). The monoisotopic (exact) mass is 329 g/mol. The second kappa shape index (κ2) is 5.46. The third-order valence-electron chi connectivity index (χ3n) is 4.50. The van der Waals surface area contributed by atoms with Crippen LogP contribution in [-0.4, -0.2) is 19.9 Å². The zero-order valence-corrected chi connectivity index (χ0v) is 13.6. The highest BCUT2D eigenvalue weighted by atomic mass is 35.5. The maximum Gasteiger partial charge on any atom is 0.161 e. The molecule has 0 saturated carbocycles. The van der Waals surface area contributed by atoms with Gasteiger partial charge in [-0.05, 0) is 41.8 Å². The van der Waals surface area contributed by atoms with E-state index < -0.39 is 0 Å². The highest BCUT2D eigenvalue weighted by Crippen LogP contribution is 2.45. The number of ether oxygens (including phenoxy) is 2. The van der Waals surface area contributed by atoms with Gasteiger partial charge in [-0.15, -0.1) is 0 Å². The van der Waals surface area contributed by atoms with Crippen molar-refractivity contribution in [1.29, 1.82) is 0 Å². The van der Waals surface area contributed by atoms with E-state index in [9.17, 15) is 0 Å². The van der Waals surface area contributed by atoms with Gasteiger partial charge in [0, 0.05) is 10.6 Å². The van der Waals surface area contributed by atoms with E-state index in [0.29, 0.717) is 5.75 Å². The van der Waals surface area contributed by atoms with Crippen LogP contribution in [0.15, 0.2) is 41.6 Å². The van der Waals surface area contributed by atoms with Crippen molar-refractivity contribution < 1.29 is 14.3 Å². The maximum absolute atomic E-state index is 5.97. The van der Waals surface area contributed by atoms with E-state index in [4.69, 9.17) is 25.9 Å². The molecule has 2 aromatic rings. The smallest absolute Gasteiger partial charge is 0.161 e. The van der Waals surface area contributed by atoms with Gasteiger partial charge in [-0.25, -0.2) is 0 Å². The molecule has 0 spiro atoms. The number of methoxy groups -OCH3 is 2. The first-order valence-corrected chi connectivity index (χ1v) is 7.83. The number of halogens is 1. The maximum atomic E-state index is 5.97. The molecule has 1 aliphatic heterocycles. The molecule has 2 unspecified atom stereocenters. The molecule has 0 amide bonds. The summed E-state index contributed by atoms with van der Waals surface area (Å²) in [6, 6.07) is 11.8. The Balaban J connectivity index is 1.70. The minimum Gasteiger partial charge on any atom is -0.493 e. The highest BCUT2D eigenvalue weighted by Gasteiger charge is 2.42. The van der Waals surface area contributed by atoms with Crippen molar-refractivity contribution >= 4 is 17.3 Å². The average molecular weight is 330 g/mol. The lowest BCUT2D eigenvalue weighted by molar-refractivity contribution is 0.0614. The van der Waals surface area contributed by atoms with Crippen LogP contribution in [0.4, 0.5) is 0 Å². The predicted octanol–water partition coefficient (Wildman–Crippen LogP) is 4.01. The van der Waals surface area contributed by atoms with Crippen LogP contribution in [0.1, 0.15) is 22.8 Å². The molecule has 0 N–H and O–H groups in total. The molecule has 5 heteroatoms. The molecule has 0 bridgehead atoms. The molecule has 1 heterocycles. The topological polar surface area (TPSA) is 40.0 Å². The van der Waals surface area contributed by atoms with Crippen LogP contribution in [0.25, 0.3) is 0 Å². The summed E-state index contributed by atoms with van der Waals surface area (Å²) in [5.41, 5.74) is 4.38. The Morgan fingerprint density at radius 1 is 1.09 bits per heavy atom. The van der Waals surface area contributed by atoms with Crippen LogP contribution in [0.2, 0.25) is 5.02 Å². The molecular weight excluding hydrogens is 314 g/mol. The van der Waals surface area contributed by atoms with Crippen molar-refractivity contribution in [2.45, 2.75) is 12.5 Å². The van der Waals surface area contributed by atoms with Gasteiger partial charge < -0.3 is 14.3 Å². The molecule has 0 radical (unpaired) electrons. The first-order chi connectivity index (χ1) is 11.2. The van der Waals surface area contributed by atoms with E-state index in [-0.39, 0.29) is 12.0 Å². The summed E-state index contributed by atoms with van der Waals surface area (Å²) in [5.74, 6) is 1.67. The minimum atomic E-state index is -0.0772. The number of nitrogens with zero attached hydrogens (tertiary/aromatic N) is 1. The van der Waals surface area contributed by atoms with Gasteiger partial charge in [-0.2, -0.15) is 0 Å². The Hall–Kier alpha value is -2.20. The first kappa shape index (κ1) is 14.4. The summed E-state index contributed by atoms with van der Waals surface area (Å²) in [6.45, 7) is 0. The third-order valence-corrected chi connectivity index (χ3v) is 4.76. The minimum absolute atomic E-state index is 0.0772. The van der Waals surface area contributed by atoms with Gasteiger partial charge in [0.05, 0.1) is 25.8 Å². The summed E-state index contributed by atoms with van der Waals surface area (Å²) >= 11 is 5.97. The fraction of sp³-hybridized carbons (Fsp3) is 0.278. The number of rotatable bonds is 3. The summed E-state index contributed by atoms with van der Waals surface area (Å²) in [7, 11) is 3.29. The van der Waals surface area contributed by atoms with Gasteiger partial charge in [0.2, 0.25) is 0 Å². The Kier molecular flexibility index (Phi) is 3.42. The molecule has 0 saturated heterocycles. The first-order valence-electron chi connectivity index (χ1n) is 7.45. The SMILES string of the molecule is COc1cc2c(cc1OC)C1=NOC(c3ccc(Cl)cc3)C1C2. The van der Waals surface area contributed by atoms with Crippen molar-refractivity contribution in [1.82, 2.24) is 0 Å². The zero-order chi connectivity index (χ0) is 16.0. The molecule has 0 aromatic heterocycles. The Morgan fingerprint density at radius 3 is 2.48 bits per heavy atom. The van der Waals surface area contributed by atoms with E-state index in [1.165, 1.54) is 5.56 Å². The fourth-order valence-corrected chi connectivity index (χ4v) is 3.49. The van der Waals surface area contributed by atoms with Crippen molar-refractivity contribution in [3.8, 4) is 11.5 Å². The van der Waals surface area contributed by atoms with Crippen LogP contribution < -0.4 is 9.47 Å². The Labute approximate surface area is 139 Å². The van der Waals surface area contributed by atoms with Gasteiger partial charge in [0.25, 0.3) is 0 Å².